The lowest BCUT2D eigenvalue weighted by atomic mass is 9.96. The van der Waals surface area contributed by atoms with Crippen molar-refractivity contribution in [2.24, 2.45) is 0 Å². The van der Waals surface area contributed by atoms with Gasteiger partial charge in [-0.15, -0.1) is 0 Å². The van der Waals surface area contributed by atoms with Gasteiger partial charge < -0.3 is 14.3 Å². The van der Waals surface area contributed by atoms with Crippen molar-refractivity contribution in [3.63, 3.8) is 0 Å². The zero-order chi connectivity index (χ0) is 10.8. The molecule has 0 saturated heterocycles. The maximum atomic E-state index is 10.7. The SMILES string of the molecule is Cc1oc(COC2CCC2)cc1C(=O)O. The quantitative estimate of drug-likeness (QED) is 0.828. The lowest BCUT2D eigenvalue weighted by molar-refractivity contribution is -0.0159. The summed E-state index contributed by atoms with van der Waals surface area (Å²) in [6, 6.07) is 1.54. The number of hydrogen-bond acceptors (Lipinski definition) is 3. The zero-order valence-electron chi connectivity index (χ0n) is 8.66. The predicted molar refractivity (Wildman–Crippen MR) is 52.8 cm³/mol. The molecule has 1 N–H and O–H groups in total. The van der Waals surface area contributed by atoms with Crippen LogP contribution in [-0.2, 0) is 11.3 Å². The lowest BCUT2D eigenvalue weighted by Crippen LogP contribution is -2.20. The molecule has 0 radical (unpaired) electrons. The van der Waals surface area contributed by atoms with Gasteiger partial charge in [-0.25, -0.2) is 4.79 Å². The van der Waals surface area contributed by atoms with Gasteiger partial charge in [0.05, 0.1) is 6.10 Å². The van der Waals surface area contributed by atoms with E-state index in [0.717, 1.165) is 12.8 Å². The van der Waals surface area contributed by atoms with E-state index in [-0.39, 0.29) is 5.56 Å². The van der Waals surface area contributed by atoms with Crippen LogP contribution in [-0.4, -0.2) is 17.2 Å². The van der Waals surface area contributed by atoms with Gasteiger partial charge in [-0.3, -0.25) is 0 Å². The molecule has 2 rings (SSSR count). The van der Waals surface area contributed by atoms with Crippen molar-refractivity contribution in [2.45, 2.75) is 38.9 Å². The molecule has 0 aromatic carbocycles. The first-order valence-corrected chi connectivity index (χ1v) is 5.11. The summed E-state index contributed by atoms with van der Waals surface area (Å²) in [6.07, 6.45) is 3.77. The van der Waals surface area contributed by atoms with E-state index >= 15 is 0 Å². The molecular formula is C11H14O4. The molecule has 1 heterocycles. The van der Waals surface area contributed by atoms with Gasteiger partial charge in [0.1, 0.15) is 23.7 Å². The van der Waals surface area contributed by atoms with E-state index in [1.807, 2.05) is 0 Å². The van der Waals surface area contributed by atoms with Gasteiger partial charge in [-0.05, 0) is 32.3 Å². The number of aryl methyl sites for hydroxylation is 1. The van der Waals surface area contributed by atoms with Gasteiger partial charge in [-0.1, -0.05) is 0 Å². The van der Waals surface area contributed by atoms with Crippen molar-refractivity contribution in [1.82, 2.24) is 0 Å². The summed E-state index contributed by atoms with van der Waals surface area (Å²) in [6.45, 7) is 2.02. The highest BCUT2D eigenvalue weighted by atomic mass is 16.5. The third-order valence-electron chi connectivity index (χ3n) is 2.71. The molecule has 15 heavy (non-hydrogen) atoms. The molecule has 1 saturated carbocycles. The van der Waals surface area contributed by atoms with Gasteiger partial charge >= 0.3 is 5.97 Å². The van der Waals surface area contributed by atoms with E-state index in [1.54, 1.807) is 6.92 Å². The molecule has 0 amide bonds. The molecule has 4 heteroatoms. The van der Waals surface area contributed by atoms with Crippen molar-refractivity contribution in [3.05, 3.63) is 23.2 Å². The molecule has 0 bridgehead atoms. The second kappa shape index (κ2) is 4.06. The van der Waals surface area contributed by atoms with Crippen molar-refractivity contribution < 1.29 is 19.1 Å². The first-order chi connectivity index (χ1) is 7.16. The third kappa shape index (κ3) is 2.21. The zero-order valence-corrected chi connectivity index (χ0v) is 8.66. The minimum Gasteiger partial charge on any atom is -0.478 e. The molecule has 1 fully saturated rings. The van der Waals surface area contributed by atoms with Crippen LogP contribution in [0, 0.1) is 6.92 Å². The highest BCUT2D eigenvalue weighted by Gasteiger charge is 2.19. The van der Waals surface area contributed by atoms with Crippen LogP contribution in [0.15, 0.2) is 10.5 Å². The highest BCUT2D eigenvalue weighted by molar-refractivity contribution is 5.88. The normalized spacial score (nSPS) is 16.3. The number of hydrogen-bond donors (Lipinski definition) is 1. The minimum absolute atomic E-state index is 0.224. The average Bonchev–Trinajstić information content (AvgIpc) is 2.44. The number of carboxylic acids is 1. The van der Waals surface area contributed by atoms with Gasteiger partial charge in [0, 0.05) is 0 Å². The number of aromatic carboxylic acids is 1. The van der Waals surface area contributed by atoms with E-state index in [2.05, 4.69) is 0 Å². The summed E-state index contributed by atoms with van der Waals surface area (Å²) >= 11 is 0. The Bertz CT molecular complexity index is 363. The molecule has 1 aliphatic rings. The molecule has 1 aliphatic carbocycles. The molecule has 0 atom stereocenters. The minimum atomic E-state index is -0.953. The van der Waals surface area contributed by atoms with Crippen molar-refractivity contribution in [1.29, 1.82) is 0 Å². The van der Waals surface area contributed by atoms with Gasteiger partial charge in [0.25, 0.3) is 0 Å². The van der Waals surface area contributed by atoms with Crippen molar-refractivity contribution >= 4 is 5.97 Å². The smallest absolute Gasteiger partial charge is 0.339 e. The molecule has 0 spiro atoms. The largest absolute Gasteiger partial charge is 0.478 e. The lowest BCUT2D eigenvalue weighted by Gasteiger charge is -2.24. The molecule has 82 valence electrons. The van der Waals surface area contributed by atoms with Crippen LogP contribution in [0.1, 0.15) is 41.1 Å². The van der Waals surface area contributed by atoms with Crippen LogP contribution in [0.2, 0.25) is 0 Å². The standard InChI is InChI=1S/C11H14O4/c1-7-10(11(12)13)5-9(15-7)6-14-8-3-2-4-8/h5,8H,2-4,6H2,1H3,(H,12,13). The van der Waals surface area contributed by atoms with Crippen molar-refractivity contribution in [3.8, 4) is 0 Å². The van der Waals surface area contributed by atoms with Crippen LogP contribution in [0.25, 0.3) is 0 Å². The van der Waals surface area contributed by atoms with E-state index in [0.29, 0.717) is 24.2 Å². The van der Waals surface area contributed by atoms with Crippen LogP contribution in [0.5, 0.6) is 0 Å². The van der Waals surface area contributed by atoms with E-state index in [4.69, 9.17) is 14.3 Å². The molecule has 0 aliphatic heterocycles. The molecule has 1 aromatic rings. The Balaban J connectivity index is 1.96. The number of furan rings is 1. The fourth-order valence-electron chi connectivity index (χ4n) is 1.56. The fraction of sp³-hybridized carbons (Fsp3) is 0.545. The first-order valence-electron chi connectivity index (χ1n) is 5.11. The Hall–Kier alpha value is -1.29. The highest BCUT2D eigenvalue weighted by Crippen LogP contribution is 2.24. The Labute approximate surface area is 87.8 Å². The summed E-state index contributed by atoms with van der Waals surface area (Å²) < 4.78 is 10.8. The molecule has 4 nitrogen and oxygen atoms in total. The second-order valence-corrected chi connectivity index (χ2v) is 3.85. The Kier molecular flexibility index (Phi) is 2.77. The maximum Gasteiger partial charge on any atom is 0.339 e. The number of rotatable bonds is 4. The summed E-state index contributed by atoms with van der Waals surface area (Å²) in [5.41, 5.74) is 0.224. The van der Waals surface area contributed by atoms with Crippen LogP contribution in [0.3, 0.4) is 0 Å². The summed E-state index contributed by atoms with van der Waals surface area (Å²) in [5, 5.41) is 8.81. The van der Waals surface area contributed by atoms with Crippen LogP contribution >= 0.6 is 0 Å². The maximum absolute atomic E-state index is 10.7. The Morgan fingerprint density at radius 3 is 2.87 bits per heavy atom. The molecule has 0 unspecified atom stereocenters. The summed E-state index contributed by atoms with van der Waals surface area (Å²) in [4.78, 5) is 10.7. The number of carbonyl (C=O) groups is 1. The first kappa shape index (κ1) is 10.2. The van der Waals surface area contributed by atoms with Crippen LogP contribution < -0.4 is 0 Å². The van der Waals surface area contributed by atoms with Crippen LogP contribution in [0.4, 0.5) is 0 Å². The Morgan fingerprint density at radius 1 is 1.67 bits per heavy atom. The third-order valence-corrected chi connectivity index (χ3v) is 2.71. The second-order valence-electron chi connectivity index (χ2n) is 3.85. The number of ether oxygens (including phenoxy) is 1. The predicted octanol–water partition coefficient (Wildman–Crippen LogP) is 2.36. The van der Waals surface area contributed by atoms with Crippen molar-refractivity contribution in [2.75, 3.05) is 0 Å². The van der Waals surface area contributed by atoms with E-state index < -0.39 is 5.97 Å². The Morgan fingerprint density at radius 2 is 2.40 bits per heavy atom. The van der Waals surface area contributed by atoms with Gasteiger partial charge in [0.15, 0.2) is 0 Å². The van der Waals surface area contributed by atoms with E-state index in [1.165, 1.54) is 12.5 Å². The number of carboxylic acid groups (broad SMARTS) is 1. The molecular weight excluding hydrogens is 196 g/mol. The summed E-state index contributed by atoms with van der Waals surface area (Å²) in [7, 11) is 0. The monoisotopic (exact) mass is 210 g/mol. The van der Waals surface area contributed by atoms with Gasteiger partial charge in [0.2, 0.25) is 0 Å². The van der Waals surface area contributed by atoms with E-state index in [9.17, 15) is 4.79 Å². The summed E-state index contributed by atoms with van der Waals surface area (Å²) in [5.74, 6) is 0.0812. The van der Waals surface area contributed by atoms with Gasteiger partial charge in [-0.2, -0.15) is 0 Å². The fourth-order valence-corrected chi connectivity index (χ4v) is 1.56. The topological polar surface area (TPSA) is 59.7 Å². The average molecular weight is 210 g/mol. The molecule has 1 aromatic heterocycles.